The van der Waals surface area contributed by atoms with Crippen molar-refractivity contribution in [3.05, 3.63) is 10.1 Å². The minimum absolute atomic E-state index is 0.137. The smallest absolute Gasteiger partial charge is 0.206 e. The fraction of sp³-hybridized carbons (Fsp3) is 1.00. The first-order valence-electron chi connectivity index (χ1n) is 5.37. The number of nitro groups is 1. The Morgan fingerprint density at radius 2 is 1.69 bits per heavy atom. The molecule has 2 rings (SSSR count). The summed E-state index contributed by atoms with van der Waals surface area (Å²) >= 11 is 0. The summed E-state index contributed by atoms with van der Waals surface area (Å²) in [6.45, 7) is 0.215. The highest BCUT2D eigenvalue weighted by Gasteiger charge is 2.37. The Hall–Kier alpha value is -0.600. The molecule has 0 radical (unpaired) electrons. The molecule has 0 amide bonds. The number of nitrogens with zero attached hydrogens (tertiary/aromatic N) is 1. The minimum Gasteiger partial charge on any atom is -0.265 e. The second kappa shape index (κ2) is 3.64. The van der Waals surface area contributed by atoms with Gasteiger partial charge in [-0.05, 0) is 24.7 Å². The molecule has 0 aliphatic heterocycles. The average molecular weight is 183 g/mol. The third-order valence-electron chi connectivity index (χ3n) is 3.75. The van der Waals surface area contributed by atoms with Gasteiger partial charge in [-0.2, -0.15) is 0 Å². The van der Waals surface area contributed by atoms with Crippen LogP contribution >= 0.6 is 0 Å². The molecule has 3 heteroatoms. The quantitative estimate of drug-likeness (QED) is 0.487. The largest absolute Gasteiger partial charge is 0.265 e. The van der Waals surface area contributed by atoms with Crippen molar-refractivity contribution in [2.45, 2.75) is 38.5 Å². The van der Waals surface area contributed by atoms with Gasteiger partial charge in [-0.25, -0.2) is 0 Å². The lowest BCUT2D eigenvalue weighted by atomic mass is 9.82. The summed E-state index contributed by atoms with van der Waals surface area (Å²) in [7, 11) is 0. The zero-order valence-electron chi connectivity index (χ0n) is 7.95. The predicted octanol–water partition coefficient (Wildman–Crippen LogP) is 2.48. The molecule has 0 aromatic heterocycles. The molecule has 2 fully saturated rings. The molecule has 2 aliphatic carbocycles. The van der Waals surface area contributed by atoms with Gasteiger partial charge in [0.25, 0.3) is 0 Å². The number of hydrogen-bond acceptors (Lipinski definition) is 2. The van der Waals surface area contributed by atoms with Gasteiger partial charge >= 0.3 is 0 Å². The normalized spacial score (nSPS) is 38.6. The molecule has 0 bridgehead atoms. The lowest BCUT2D eigenvalue weighted by Gasteiger charge is -2.24. The molecule has 3 atom stereocenters. The molecule has 74 valence electrons. The Morgan fingerprint density at radius 1 is 1.15 bits per heavy atom. The predicted molar refractivity (Wildman–Crippen MR) is 50.0 cm³/mol. The van der Waals surface area contributed by atoms with Gasteiger partial charge in [0.1, 0.15) is 0 Å². The molecule has 3 nitrogen and oxygen atoms in total. The molecule has 0 aromatic carbocycles. The van der Waals surface area contributed by atoms with Gasteiger partial charge in [-0.3, -0.25) is 10.1 Å². The van der Waals surface area contributed by atoms with Gasteiger partial charge in [0.15, 0.2) is 0 Å². The maximum atomic E-state index is 10.4. The standard InChI is InChI=1S/C10H17NO2/c12-11(13)7-8-5-9-3-1-2-4-10(9)6-8/h8-10H,1-7H2/t8?,9-,10+. The lowest BCUT2D eigenvalue weighted by molar-refractivity contribution is -0.488. The SMILES string of the molecule is O=[N+]([O-])CC1C[C@H]2CCCC[C@H]2C1. The second-order valence-corrected chi connectivity index (χ2v) is 4.66. The molecule has 1 unspecified atom stereocenters. The van der Waals surface area contributed by atoms with E-state index < -0.39 is 0 Å². The molecule has 13 heavy (non-hydrogen) atoms. The van der Waals surface area contributed by atoms with Crippen molar-refractivity contribution in [1.29, 1.82) is 0 Å². The van der Waals surface area contributed by atoms with Gasteiger partial charge in [0.2, 0.25) is 6.54 Å². The van der Waals surface area contributed by atoms with Crippen LogP contribution in [0.15, 0.2) is 0 Å². The van der Waals surface area contributed by atoms with Crippen molar-refractivity contribution < 1.29 is 4.92 Å². The van der Waals surface area contributed by atoms with E-state index in [2.05, 4.69) is 0 Å². The third-order valence-corrected chi connectivity index (χ3v) is 3.75. The van der Waals surface area contributed by atoms with Crippen molar-refractivity contribution >= 4 is 0 Å². The lowest BCUT2D eigenvalue weighted by Crippen LogP contribution is -2.12. The Balaban J connectivity index is 1.87. The number of hydrogen-bond donors (Lipinski definition) is 0. The monoisotopic (exact) mass is 183 g/mol. The van der Waals surface area contributed by atoms with E-state index in [-0.39, 0.29) is 11.5 Å². The number of fused-ring (bicyclic) bond motifs is 1. The molecular formula is C10H17NO2. The van der Waals surface area contributed by atoms with Crippen LogP contribution in [-0.2, 0) is 0 Å². The van der Waals surface area contributed by atoms with Crippen LogP contribution in [0.5, 0.6) is 0 Å². The van der Waals surface area contributed by atoms with E-state index in [4.69, 9.17) is 0 Å². The van der Waals surface area contributed by atoms with Gasteiger partial charge in [0, 0.05) is 10.8 Å². The average Bonchev–Trinajstić information content (AvgIpc) is 2.44. The van der Waals surface area contributed by atoms with E-state index in [0.717, 1.165) is 24.7 Å². The van der Waals surface area contributed by atoms with Gasteiger partial charge in [-0.1, -0.05) is 25.7 Å². The second-order valence-electron chi connectivity index (χ2n) is 4.66. The van der Waals surface area contributed by atoms with Crippen LogP contribution in [-0.4, -0.2) is 11.5 Å². The molecule has 0 aromatic rings. The van der Waals surface area contributed by atoms with Crippen molar-refractivity contribution in [3.63, 3.8) is 0 Å². The van der Waals surface area contributed by atoms with E-state index in [1.165, 1.54) is 25.7 Å². The van der Waals surface area contributed by atoms with E-state index in [1.54, 1.807) is 0 Å². The maximum Gasteiger partial charge on any atom is 0.206 e. The first-order valence-corrected chi connectivity index (χ1v) is 5.37. The van der Waals surface area contributed by atoms with Crippen molar-refractivity contribution in [2.75, 3.05) is 6.54 Å². The highest BCUT2D eigenvalue weighted by Crippen LogP contribution is 2.44. The summed E-state index contributed by atoms with van der Waals surface area (Å²) in [5.74, 6) is 2.06. The highest BCUT2D eigenvalue weighted by molar-refractivity contribution is 4.85. The summed E-state index contributed by atoms with van der Waals surface area (Å²) in [4.78, 5) is 10.2. The highest BCUT2D eigenvalue weighted by atomic mass is 16.6. The van der Waals surface area contributed by atoms with Crippen LogP contribution in [0.4, 0.5) is 0 Å². The Labute approximate surface area is 78.7 Å². The van der Waals surface area contributed by atoms with Crippen molar-refractivity contribution in [3.8, 4) is 0 Å². The van der Waals surface area contributed by atoms with E-state index >= 15 is 0 Å². The topological polar surface area (TPSA) is 43.1 Å². The van der Waals surface area contributed by atoms with Crippen LogP contribution in [0.3, 0.4) is 0 Å². The van der Waals surface area contributed by atoms with Crippen LogP contribution in [0.25, 0.3) is 0 Å². The van der Waals surface area contributed by atoms with Gasteiger partial charge in [-0.15, -0.1) is 0 Å². The maximum absolute atomic E-state index is 10.4. The first-order chi connectivity index (χ1) is 6.25. The summed E-state index contributed by atoms with van der Waals surface area (Å²) < 4.78 is 0. The molecule has 0 spiro atoms. The minimum atomic E-state index is -0.137. The van der Waals surface area contributed by atoms with Crippen LogP contribution < -0.4 is 0 Å². The van der Waals surface area contributed by atoms with Crippen LogP contribution in [0.2, 0.25) is 0 Å². The van der Waals surface area contributed by atoms with E-state index in [0.29, 0.717) is 5.92 Å². The number of rotatable bonds is 2. The van der Waals surface area contributed by atoms with Gasteiger partial charge in [0.05, 0.1) is 0 Å². The first kappa shape index (κ1) is 8.97. The Bertz CT molecular complexity index is 191. The summed E-state index contributed by atoms with van der Waals surface area (Å²) in [6, 6.07) is 0. The molecule has 0 heterocycles. The molecule has 2 aliphatic rings. The van der Waals surface area contributed by atoms with E-state index in [9.17, 15) is 10.1 Å². The summed E-state index contributed by atoms with van der Waals surface area (Å²) in [5.41, 5.74) is 0. The summed E-state index contributed by atoms with van der Waals surface area (Å²) in [6.07, 6.45) is 7.63. The summed E-state index contributed by atoms with van der Waals surface area (Å²) in [5, 5.41) is 10.4. The third kappa shape index (κ3) is 2.01. The molecular weight excluding hydrogens is 166 g/mol. The molecule has 0 N–H and O–H groups in total. The molecule has 0 saturated heterocycles. The fourth-order valence-corrected chi connectivity index (χ4v) is 3.22. The van der Waals surface area contributed by atoms with E-state index in [1.807, 2.05) is 0 Å². The van der Waals surface area contributed by atoms with Gasteiger partial charge < -0.3 is 0 Å². The molecule has 2 saturated carbocycles. The zero-order valence-corrected chi connectivity index (χ0v) is 7.95. The van der Waals surface area contributed by atoms with Crippen molar-refractivity contribution in [2.24, 2.45) is 17.8 Å². The fourth-order valence-electron chi connectivity index (χ4n) is 3.22. The Kier molecular flexibility index (Phi) is 2.51. The Morgan fingerprint density at radius 3 is 2.15 bits per heavy atom. The zero-order chi connectivity index (χ0) is 9.26. The van der Waals surface area contributed by atoms with Crippen LogP contribution in [0.1, 0.15) is 38.5 Å². The van der Waals surface area contributed by atoms with Crippen molar-refractivity contribution in [1.82, 2.24) is 0 Å². The van der Waals surface area contributed by atoms with Crippen LogP contribution in [0, 0.1) is 27.9 Å².